The maximum Gasteiger partial charge on any atom is 0.336 e. The lowest BCUT2D eigenvalue weighted by Crippen LogP contribution is -2.31. The Balaban J connectivity index is 1.15. The molecule has 1 aliphatic heterocycles. The van der Waals surface area contributed by atoms with Gasteiger partial charge in [-0.3, -0.25) is 24.6 Å². The van der Waals surface area contributed by atoms with Gasteiger partial charge in [0.25, 0.3) is 17.7 Å². The van der Waals surface area contributed by atoms with E-state index in [4.69, 9.17) is 9.15 Å². The molecular weight excluding hydrogens is 472 g/mol. The molecule has 0 spiro atoms. The van der Waals surface area contributed by atoms with Gasteiger partial charge < -0.3 is 9.15 Å². The Morgan fingerprint density at radius 2 is 1.80 bits per heavy atom. The number of hydrogen-bond acceptors (Lipinski definition) is 9. The van der Waals surface area contributed by atoms with Gasteiger partial charge in [-0.15, -0.1) is 10.2 Å². The van der Waals surface area contributed by atoms with Gasteiger partial charge in [0.1, 0.15) is 16.3 Å². The lowest BCUT2D eigenvalue weighted by molar-refractivity contribution is -0.118. The van der Waals surface area contributed by atoms with Gasteiger partial charge in [-0.05, 0) is 36.8 Å². The van der Waals surface area contributed by atoms with Gasteiger partial charge in [-0.25, -0.2) is 4.79 Å². The van der Waals surface area contributed by atoms with Gasteiger partial charge in [-0.1, -0.05) is 23.5 Å². The van der Waals surface area contributed by atoms with E-state index < -0.39 is 11.5 Å². The molecule has 176 valence electrons. The summed E-state index contributed by atoms with van der Waals surface area (Å²) in [5.41, 5.74) is 1.49. The smallest absolute Gasteiger partial charge is 0.336 e. The van der Waals surface area contributed by atoms with E-state index in [1.54, 1.807) is 42.5 Å². The van der Waals surface area contributed by atoms with Gasteiger partial charge in [0.05, 0.1) is 11.1 Å². The van der Waals surface area contributed by atoms with Crippen LogP contribution in [0.15, 0.2) is 57.7 Å². The molecule has 2 aromatic carbocycles. The van der Waals surface area contributed by atoms with Crippen LogP contribution in [-0.4, -0.2) is 46.0 Å². The first-order valence-electron chi connectivity index (χ1n) is 10.6. The number of anilines is 1. The Kier molecular flexibility index (Phi) is 5.83. The molecule has 3 amide bonds. The summed E-state index contributed by atoms with van der Waals surface area (Å²) in [5.74, 6) is -0.730. The first-order chi connectivity index (χ1) is 16.9. The van der Waals surface area contributed by atoms with Crippen LogP contribution in [0.2, 0.25) is 0 Å². The molecule has 0 unspecified atom stereocenters. The average molecular weight is 490 g/mol. The summed E-state index contributed by atoms with van der Waals surface area (Å²) in [4.78, 5) is 49.9. The van der Waals surface area contributed by atoms with Crippen molar-refractivity contribution in [3.63, 3.8) is 0 Å². The molecule has 0 radical (unpaired) electrons. The number of ether oxygens (including phenoxy) is 1. The molecule has 2 aromatic heterocycles. The summed E-state index contributed by atoms with van der Waals surface area (Å²) >= 11 is 1.15. The molecule has 1 N–H and O–H groups in total. The number of rotatable bonds is 7. The molecule has 0 fully saturated rings. The molecule has 0 saturated carbocycles. The SMILES string of the molecule is Cc1cc(=O)oc2cc(OCC(=O)Nc3nnc(CCN4C(=O)c5ccccc5C4=O)s3)ccc12. The van der Waals surface area contributed by atoms with Crippen LogP contribution in [-0.2, 0) is 11.2 Å². The lowest BCUT2D eigenvalue weighted by Gasteiger charge is -2.12. The third kappa shape index (κ3) is 4.53. The van der Waals surface area contributed by atoms with Gasteiger partial charge in [-0.2, -0.15) is 0 Å². The lowest BCUT2D eigenvalue weighted by atomic mass is 10.1. The molecule has 11 heteroatoms. The summed E-state index contributed by atoms with van der Waals surface area (Å²) in [6.45, 7) is 1.69. The Hall–Kier alpha value is -4.38. The van der Waals surface area contributed by atoms with Crippen molar-refractivity contribution < 1.29 is 23.5 Å². The van der Waals surface area contributed by atoms with Gasteiger partial charge >= 0.3 is 5.63 Å². The third-order valence-corrected chi connectivity index (χ3v) is 6.33. The summed E-state index contributed by atoms with van der Waals surface area (Å²) in [7, 11) is 0. The van der Waals surface area contributed by atoms with Crippen molar-refractivity contribution in [3.8, 4) is 5.75 Å². The van der Waals surface area contributed by atoms with Gasteiger partial charge in [0.15, 0.2) is 6.61 Å². The summed E-state index contributed by atoms with van der Waals surface area (Å²) in [6, 6.07) is 13.1. The summed E-state index contributed by atoms with van der Waals surface area (Å²) in [6.07, 6.45) is 0.317. The first kappa shape index (κ1) is 22.4. The molecule has 35 heavy (non-hydrogen) atoms. The zero-order valence-electron chi connectivity index (χ0n) is 18.4. The second-order valence-electron chi connectivity index (χ2n) is 7.80. The van der Waals surface area contributed by atoms with Crippen molar-refractivity contribution in [2.24, 2.45) is 0 Å². The standard InChI is InChI=1S/C24H18N4O6S/c1-13-10-21(30)34-18-11-14(6-7-15(13)18)33-12-19(29)25-24-27-26-20(35-24)8-9-28-22(31)16-4-2-3-5-17(16)23(28)32/h2-7,10-11H,8-9,12H2,1H3,(H,25,27,29). The highest BCUT2D eigenvalue weighted by molar-refractivity contribution is 7.15. The largest absolute Gasteiger partial charge is 0.484 e. The van der Waals surface area contributed by atoms with Gasteiger partial charge in [0.2, 0.25) is 5.13 Å². The minimum atomic E-state index is -0.458. The van der Waals surface area contributed by atoms with Crippen molar-refractivity contribution in [1.29, 1.82) is 0 Å². The number of fused-ring (bicyclic) bond motifs is 2. The maximum atomic E-state index is 12.5. The molecule has 0 atom stereocenters. The number of carbonyl (C=O) groups excluding carboxylic acids is 3. The van der Waals surface area contributed by atoms with Crippen LogP contribution in [0.5, 0.6) is 5.75 Å². The van der Waals surface area contributed by atoms with E-state index in [2.05, 4.69) is 15.5 Å². The van der Waals surface area contributed by atoms with Crippen LogP contribution in [0, 0.1) is 6.92 Å². The number of nitrogens with zero attached hydrogens (tertiary/aromatic N) is 3. The zero-order valence-corrected chi connectivity index (χ0v) is 19.3. The number of aromatic nitrogens is 2. The van der Waals surface area contributed by atoms with E-state index in [0.29, 0.717) is 33.9 Å². The fraction of sp³-hybridized carbons (Fsp3) is 0.167. The predicted molar refractivity (Wildman–Crippen MR) is 127 cm³/mol. The molecule has 3 heterocycles. The van der Waals surface area contributed by atoms with Crippen LogP contribution in [0.1, 0.15) is 31.3 Å². The Labute approximate surface area is 202 Å². The van der Waals surface area contributed by atoms with E-state index in [-0.39, 0.29) is 30.1 Å². The van der Waals surface area contributed by atoms with Crippen LogP contribution < -0.4 is 15.7 Å². The predicted octanol–water partition coefficient (Wildman–Crippen LogP) is 2.81. The molecule has 0 bridgehead atoms. The normalized spacial score (nSPS) is 12.8. The highest BCUT2D eigenvalue weighted by atomic mass is 32.1. The second kappa shape index (κ2) is 9.11. The van der Waals surface area contributed by atoms with E-state index >= 15 is 0 Å². The van der Waals surface area contributed by atoms with Crippen LogP contribution in [0.4, 0.5) is 5.13 Å². The fourth-order valence-electron chi connectivity index (χ4n) is 3.75. The van der Waals surface area contributed by atoms with Crippen LogP contribution in [0.25, 0.3) is 11.0 Å². The quantitative estimate of drug-likeness (QED) is 0.309. The van der Waals surface area contributed by atoms with Gasteiger partial charge in [0, 0.05) is 30.5 Å². The number of benzene rings is 2. The highest BCUT2D eigenvalue weighted by Crippen LogP contribution is 2.24. The van der Waals surface area contributed by atoms with Crippen LogP contribution >= 0.6 is 11.3 Å². The summed E-state index contributed by atoms with van der Waals surface area (Å²) < 4.78 is 10.7. The number of hydrogen-bond donors (Lipinski definition) is 1. The number of imide groups is 1. The Morgan fingerprint density at radius 3 is 2.54 bits per heavy atom. The van der Waals surface area contributed by atoms with Crippen molar-refractivity contribution >= 4 is 45.2 Å². The molecule has 0 saturated heterocycles. The number of aryl methyl sites for hydroxylation is 1. The van der Waals surface area contributed by atoms with Crippen molar-refractivity contribution in [2.75, 3.05) is 18.5 Å². The summed E-state index contributed by atoms with van der Waals surface area (Å²) in [5, 5.41) is 12.2. The molecule has 0 aliphatic carbocycles. The van der Waals surface area contributed by atoms with E-state index in [1.807, 2.05) is 6.92 Å². The molecule has 4 aromatic rings. The zero-order chi connectivity index (χ0) is 24.5. The van der Waals surface area contributed by atoms with Crippen molar-refractivity contribution in [2.45, 2.75) is 13.3 Å². The third-order valence-electron chi connectivity index (χ3n) is 5.43. The molecular formula is C24H18N4O6S. The number of carbonyl (C=O) groups is 3. The Morgan fingerprint density at radius 1 is 1.06 bits per heavy atom. The maximum absolute atomic E-state index is 12.5. The monoisotopic (exact) mass is 490 g/mol. The molecule has 5 rings (SSSR count). The van der Waals surface area contributed by atoms with Crippen molar-refractivity contribution in [3.05, 3.63) is 80.6 Å². The molecule has 1 aliphatic rings. The minimum Gasteiger partial charge on any atom is -0.484 e. The minimum absolute atomic E-state index is 0.162. The average Bonchev–Trinajstić information content (AvgIpc) is 3.38. The first-order valence-corrected chi connectivity index (χ1v) is 11.5. The second-order valence-corrected chi connectivity index (χ2v) is 8.86. The Bertz CT molecular complexity index is 1510. The van der Waals surface area contributed by atoms with E-state index in [9.17, 15) is 19.2 Å². The fourth-order valence-corrected chi connectivity index (χ4v) is 4.50. The van der Waals surface area contributed by atoms with E-state index in [0.717, 1.165) is 22.3 Å². The topological polar surface area (TPSA) is 132 Å². The number of amides is 3. The van der Waals surface area contributed by atoms with Crippen molar-refractivity contribution in [1.82, 2.24) is 15.1 Å². The van der Waals surface area contributed by atoms with Crippen LogP contribution in [0.3, 0.4) is 0 Å². The number of nitrogens with one attached hydrogen (secondary N) is 1. The molecule has 10 nitrogen and oxygen atoms in total. The highest BCUT2D eigenvalue weighted by Gasteiger charge is 2.34. The van der Waals surface area contributed by atoms with E-state index in [1.165, 1.54) is 11.0 Å².